The lowest BCUT2D eigenvalue weighted by Gasteiger charge is -2.33. The van der Waals surface area contributed by atoms with Crippen LogP contribution in [0.1, 0.15) is 19.8 Å². The Morgan fingerprint density at radius 3 is 2.45 bits per heavy atom. The van der Waals surface area contributed by atoms with Gasteiger partial charge >= 0.3 is 0 Å². The molecule has 22 heavy (non-hydrogen) atoms. The molecule has 0 radical (unpaired) electrons. The summed E-state index contributed by atoms with van der Waals surface area (Å²) < 4.78 is 33.0. The number of nitrogens with two attached hydrogens (primary N) is 1. The molecule has 126 valence electrons. The van der Waals surface area contributed by atoms with Crippen LogP contribution in [0.2, 0.25) is 0 Å². The van der Waals surface area contributed by atoms with Crippen LogP contribution in [-0.4, -0.2) is 39.0 Å². The topological polar surface area (TPSA) is 72.6 Å². The average molecular weight is 414 g/mol. The molecule has 0 bridgehead atoms. The number of benzene rings is 1. The summed E-state index contributed by atoms with van der Waals surface area (Å²) in [5, 5.41) is 0. The number of rotatable bonds is 4. The number of halogens is 2. The Morgan fingerprint density at radius 1 is 1.36 bits per heavy atom. The molecule has 1 aromatic carbocycles. The van der Waals surface area contributed by atoms with Crippen LogP contribution in [0.5, 0.6) is 5.75 Å². The summed E-state index contributed by atoms with van der Waals surface area (Å²) in [4.78, 5) is 0.207. The molecule has 2 rings (SSSR count). The van der Waals surface area contributed by atoms with Gasteiger partial charge in [0.25, 0.3) is 0 Å². The Balaban J connectivity index is 0.00000242. The molecular formula is C14H22BrClN2O3S. The van der Waals surface area contributed by atoms with Crippen LogP contribution >= 0.6 is 28.3 Å². The van der Waals surface area contributed by atoms with Crippen molar-refractivity contribution in [3.63, 3.8) is 0 Å². The van der Waals surface area contributed by atoms with Gasteiger partial charge < -0.3 is 10.5 Å². The van der Waals surface area contributed by atoms with Gasteiger partial charge in [-0.15, -0.1) is 12.4 Å². The third-order valence-electron chi connectivity index (χ3n) is 3.99. The molecule has 0 amide bonds. The number of methoxy groups -OCH3 is 1. The largest absolute Gasteiger partial charge is 0.495 e. The molecule has 1 aliphatic heterocycles. The predicted octanol–water partition coefficient (Wildman–Crippen LogP) is 2.63. The quantitative estimate of drug-likeness (QED) is 0.823. The van der Waals surface area contributed by atoms with Crippen molar-refractivity contribution in [2.75, 3.05) is 20.2 Å². The molecular weight excluding hydrogens is 392 g/mol. The molecule has 1 unspecified atom stereocenters. The zero-order valence-corrected chi connectivity index (χ0v) is 15.9. The lowest BCUT2D eigenvalue weighted by atomic mass is 9.92. The van der Waals surface area contributed by atoms with Gasteiger partial charge in [-0.05, 0) is 43.9 Å². The summed E-state index contributed by atoms with van der Waals surface area (Å²) >= 11 is 3.32. The zero-order chi connectivity index (χ0) is 15.6. The number of piperidine rings is 1. The van der Waals surface area contributed by atoms with E-state index in [-0.39, 0.29) is 23.3 Å². The first-order valence-electron chi connectivity index (χ1n) is 6.95. The lowest BCUT2D eigenvalue weighted by molar-refractivity contribution is 0.250. The molecule has 1 aromatic rings. The maximum absolute atomic E-state index is 12.8. The van der Waals surface area contributed by atoms with Gasteiger partial charge in [-0.1, -0.05) is 15.9 Å². The van der Waals surface area contributed by atoms with Crippen molar-refractivity contribution >= 4 is 38.4 Å². The summed E-state index contributed by atoms with van der Waals surface area (Å²) in [5.74, 6) is 0.758. The third-order valence-corrected chi connectivity index (χ3v) is 6.40. The molecule has 1 atom stereocenters. The van der Waals surface area contributed by atoms with Crippen molar-refractivity contribution < 1.29 is 13.2 Å². The highest BCUT2D eigenvalue weighted by atomic mass is 79.9. The summed E-state index contributed by atoms with van der Waals surface area (Å²) in [7, 11) is -2.06. The predicted molar refractivity (Wildman–Crippen MR) is 93.1 cm³/mol. The first kappa shape index (κ1) is 19.7. The van der Waals surface area contributed by atoms with E-state index in [2.05, 4.69) is 15.9 Å². The van der Waals surface area contributed by atoms with Gasteiger partial charge in [0.05, 0.1) is 7.11 Å². The van der Waals surface area contributed by atoms with E-state index in [1.807, 2.05) is 6.92 Å². The van der Waals surface area contributed by atoms with Crippen LogP contribution in [0.4, 0.5) is 0 Å². The van der Waals surface area contributed by atoms with Crippen LogP contribution in [0.15, 0.2) is 27.6 Å². The van der Waals surface area contributed by atoms with E-state index >= 15 is 0 Å². The summed E-state index contributed by atoms with van der Waals surface area (Å²) in [6.07, 6.45) is 1.60. The number of hydrogen-bond acceptors (Lipinski definition) is 4. The second kappa shape index (κ2) is 7.97. The molecule has 0 spiro atoms. The molecule has 1 saturated heterocycles. The first-order chi connectivity index (χ1) is 9.86. The van der Waals surface area contributed by atoms with Crippen LogP contribution in [0, 0.1) is 5.92 Å². The third kappa shape index (κ3) is 4.14. The minimum absolute atomic E-state index is 0. The monoisotopic (exact) mass is 412 g/mol. The second-order valence-corrected chi connectivity index (χ2v) is 8.22. The fraction of sp³-hybridized carbons (Fsp3) is 0.571. The minimum atomic E-state index is -3.54. The van der Waals surface area contributed by atoms with Gasteiger partial charge in [0.15, 0.2) is 0 Å². The average Bonchev–Trinajstić information content (AvgIpc) is 2.47. The van der Waals surface area contributed by atoms with E-state index in [4.69, 9.17) is 10.5 Å². The summed E-state index contributed by atoms with van der Waals surface area (Å²) in [6, 6.07) is 5.12. The maximum atomic E-state index is 12.8. The second-order valence-electron chi connectivity index (χ2n) is 5.40. The van der Waals surface area contributed by atoms with Crippen LogP contribution in [-0.2, 0) is 10.0 Å². The maximum Gasteiger partial charge on any atom is 0.246 e. The Morgan fingerprint density at radius 2 is 1.95 bits per heavy atom. The van der Waals surface area contributed by atoms with Crippen molar-refractivity contribution in [3.05, 3.63) is 22.7 Å². The van der Waals surface area contributed by atoms with E-state index < -0.39 is 10.0 Å². The zero-order valence-electron chi connectivity index (χ0n) is 12.7. The lowest BCUT2D eigenvalue weighted by Crippen LogP contribution is -2.42. The van der Waals surface area contributed by atoms with Crippen molar-refractivity contribution in [2.45, 2.75) is 30.7 Å². The molecule has 0 aliphatic carbocycles. The first-order valence-corrected chi connectivity index (χ1v) is 9.19. The van der Waals surface area contributed by atoms with Crippen molar-refractivity contribution in [1.29, 1.82) is 0 Å². The molecule has 8 heteroatoms. The van der Waals surface area contributed by atoms with E-state index in [0.29, 0.717) is 29.2 Å². The smallest absolute Gasteiger partial charge is 0.246 e. The van der Waals surface area contributed by atoms with Crippen LogP contribution in [0.25, 0.3) is 0 Å². The highest BCUT2D eigenvalue weighted by molar-refractivity contribution is 9.10. The van der Waals surface area contributed by atoms with Gasteiger partial charge in [0.2, 0.25) is 10.0 Å². The minimum Gasteiger partial charge on any atom is -0.495 e. The Kier molecular flexibility index (Phi) is 7.14. The molecule has 0 aromatic heterocycles. The summed E-state index contributed by atoms with van der Waals surface area (Å²) in [5.41, 5.74) is 5.90. The van der Waals surface area contributed by atoms with E-state index in [1.165, 1.54) is 11.4 Å². The highest BCUT2D eigenvalue weighted by Gasteiger charge is 2.32. The Bertz CT molecular complexity index is 602. The van der Waals surface area contributed by atoms with Gasteiger partial charge in [-0.25, -0.2) is 8.42 Å². The van der Waals surface area contributed by atoms with Crippen molar-refractivity contribution in [2.24, 2.45) is 11.7 Å². The highest BCUT2D eigenvalue weighted by Crippen LogP contribution is 2.32. The molecule has 5 nitrogen and oxygen atoms in total. The van der Waals surface area contributed by atoms with Crippen LogP contribution in [0.3, 0.4) is 0 Å². The normalized spacial score (nSPS) is 18.5. The van der Waals surface area contributed by atoms with Crippen molar-refractivity contribution in [1.82, 2.24) is 4.31 Å². The van der Waals surface area contributed by atoms with E-state index in [9.17, 15) is 8.42 Å². The number of nitrogens with zero attached hydrogens (tertiary/aromatic N) is 1. The van der Waals surface area contributed by atoms with E-state index in [0.717, 1.165) is 12.8 Å². The molecule has 1 fully saturated rings. The van der Waals surface area contributed by atoms with Crippen LogP contribution < -0.4 is 10.5 Å². The fourth-order valence-electron chi connectivity index (χ4n) is 2.63. The number of sulfonamides is 1. The van der Waals surface area contributed by atoms with Gasteiger partial charge in [0, 0.05) is 23.6 Å². The molecule has 2 N–H and O–H groups in total. The molecule has 1 aliphatic rings. The number of hydrogen-bond donors (Lipinski definition) is 1. The van der Waals surface area contributed by atoms with Gasteiger partial charge in [0.1, 0.15) is 10.6 Å². The molecule has 1 heterocycles. The standard InChI is InChI=1S/C14H21BrN2O3S.ClH/c1-10(16)11-5-7-17(8-6-11)21(18,19)14-9-12(15)3-4-13(14)20-2;/h3-4,9-11H,5-8,16H2,1-2H3;1H. The Labute approximate surface area is 146 Å². The Hall–Kier alpha value is -0.340. The molecule has 0 saturated carbocycles. The van der Waals surface area contributed by atoms with Crippen molar-refractivity contribution in [3.8, 4) is 5.75 Å². The van der Waals surface area contributed by atoms with Gasteiger partial charge in [-0.3, -0.25) is 0 Å². The van der Waals surface area contributed by atoms with Gasteiger partial charge in [-0.2, -0.15) is 4.31 Å². The fourth-order valence-corrected chi connectivity index (χ4v) is 4.80. The SMILES string of the molecule is COc1ccc(Br)cc1S(=O)(=O)N1CCC(C(C)N)CC1.Cl. The number of ether oxygens (including phenoxy) is 1. The van der Waals surface area contributed by atoms with E-state index in [1.54, 1.807) is 18.2 Å². The summed E-state index contributed by atoms with van der Waals surface area (Å²) in [6.45, 7) is 2.99.